The molecular formula is C12H16N6O2. The second-order valence-electron chi connectivity index (χ2n) is 4.38. The quantitative estimate of drug-likeness (QED) is 0.828. The van der Waals surface area contributed by atoms with E-state index in [-0.39, 0.29) is 11.9 Å². The van der Waals surface area contributed by atoms with Gasteiger partial charge in [0, 0.05) is 18.8 Å². The summed E-state index contributed by atoms with van der Waals surface area (Å²) in [6.07, 6.45) is 1.62. The van der Waals surface area contributed by atoms with Crippen molar-refractivity contribution in [1.82, 2.24) is 24.7 Å². The summed E-state index contributed by atoms with van der Waals surface area (Å²) in [6, 6.07) is 1.64. The van der Waals surface area contributed by atoms with Crippen molar-refractivity contribution >= 4 is 11.8 Å². The highest BCUT2D eigenvalue weighted by molar-refractivity contribution is 5.85. The number of hydrogen-bond acceptors (Lipinski definition) is 7. The highest BCUT2D eigenvalue weighted by atomic mass is 16.5. The van der Waals surface area contributed by atoms with Crippen LogP contribution in [0.4, 0.5) is 5.82 Å². The minimum atomic E-state index is -0.567. The molecule has 0 aromatic carbocycles. The average molecular weight is 276 g/mol. The van der Waals surface area contributed by atoms with Crippen molar-refractivity contribution in [3.63, 3.8) is 0 Å². The maximum atomic E-state index is 11.5. The molecule has 0 aliphatic heterocycles. The van der Waals surface area contributed by atoms with Gasteiger partial charge in [-0.3, -0.25) is 0 Å². The van der Waals surface area contributed by atoms with Crippen LogP contribution in [0.15, 0.2) is 12.4 Å². The predicted octanol–water partition coefficient (Wildman–Crippen LogP) is 0.873. The Kier molecular flexibility index (Phi) is 3.92. The van der Waals surface area contributed by atoms with Crippen LogP contribution in [0.5, 0.6) is 0 Å². The molecular weight excluding hydrogens is 260 g/mol. The number of carbonyl (C=O) groups is 1. The van der Waals surface area contributed by atoms with Crippen LogP contribution in [0.25, 0.3) is 0 Å². The predicted molar refractivity (Wildman–Crippen MR) is 71.1 cm³/mol. The lowest BCUT2D eigenvalue weighted by molar-refractivity contribution is 0.0586. The Balaban J connectivity index is 2.23. The number of hydrogen-bond donors (Lipinski definition) is 1. The summed E-state index contributed by atoms with van der Waals surface area (Å²) >= 11 is 0. The van der Waals surface area contributed by atoms with Gasteiger partial charge in [0.25, 0.3) is 0 Å². The highest BCUT2D eigenvalue weighted by Gasteiger charge is 2.15. The van der Waals surface area contributed by atoms with Crippen molar-refractivity contribution in [2.75, 3.05) is 12.4 Å². The van der Waals surface area contributed by atoms with Crippen molar-refractivity contribution in [3.05, 3.63) is 29.7 Å². The van der Waals surface area contributed by atoms with Crippen LogP contribution in [-0.4, -0.2) is 37.8 Å². The summed E-state index contributed by atoms with van der Waals surface area (Å²) in [5.74, 6) is 0.762. The Morgan fingerprint density at radius 3 is 2.80 bits per heavy atom. The standard InChI is InChI=1S/C12H16N6O2/c1-7-5-9(16-10(14-7)12(19)20-4)15-8(2)11-17-13-6-18(11)3/h5-6,8H,1-4H3,(H,14,15,16). The summed E-state index contributed by atoms with van der Waals surface area (Å²) in [7, 11) is 3.15. The van der Waals surface area contributed by atoms with Gasteiger partial charge in [-0.25, -0.2) is 14.8 Å². The molecule has 2 rings (SSSR count). The number of ether oxygens (including phenoxy) is 1. The largest absolute Gasteiger partial charge is 0.463 e. The molecule has 2 aromatic rings. The van der Waals surface area contributed by atoms with Gasteiger partial charge in [0.05, 0.1) is 13.2 Å². The molecule has 0 radical (unpaired) electrons. The van der Waals surface area contributed by atoms with Crippen molar-refractivity contribution in [3.8, 4) is 0 Å². The van der Waals surface area contributed by atoms with E-state index >= 15 is 0 Å². The van der Waals surface area contributed by atoms with Gasteiger partial charge in [-0.15, -0.1) is 10.2 Å². The van der Waals surface area contributed by atoms with Gasteiger partial charge in [-0.05, 0) is 13.8 Å². The molecule has 2 heterocycles. The van der Waals surface area contributed by atoms with E-state index in [4.69, 9.17) is 0 Å². The lowest BCUT2D eigenvalue weighted by atomic mass is 10.3. The van der Waals surface area contributed by atoms with Crippen LogP contribution in [-0.2, 0) is 11.8 Å². The van der Waals surface area contributed by atoms with Crippen molar-refractivity contribution in [1.29, 1.82) is 0 Å². The van der Waals surface area contributed by atoms with Crippen molar-refractivity contribution in [2.45, 2.75) is 19.9 Å². The first-order valence-electron chi connectivity index (χ1n) is 6.05. The molecule has 0 spiro atoms. The second kappa shape index (κ2) is 5.64. The smallest absolute Gasteiger partial charge is 0.376 e. The van der Waals surface area contributed by atoms with E-state index in [1.165, 1.54) is 7.11 Å². The Hall–Kier alpha value is -2.51. The molecule has 8 heteroatoms. The molecule has 0 bridgehead atoms. The first kappa shape index (κ1) is 13.9. The maximum absolute atomic E-state index is 11.5. The summed E-state index contributed by atoms with van der Waals surface area (Å²) in [6.45, 7) is 3.71. The van der Waals surface area contributed by atoms with E-state index in [0.717, 1.165) is 5.82 Å². The van der Waals surface area contributed by atoms with E-state index in [1.54, 1.807) is 19.3 Å². The number of aromatic nitrogens is 5. The summed E-state index contributed by atoms with van der Waals surface area (Å²) in [5, 5.41) is 11.0. The molecule has 106 valence electrons. The maximum Gasteiger partial charge on any atom is 0.376 e. The SMILES string of the molecule is COC(=O)c1nc(C)cc(NC(C)c2nncn2C)n1. The lowest BCUT2D eigenvalue weighted by Crippen LogP contribution is -2.15. The van der Waals surface area contributed by atoms with Crippen LogP contribution >= 0.6 is 0 Å². The van der Waals surface area contributed by atoms with Crippen LogP contribution in [0, 0.1) is 6.92 Å². The van der Waals surface area contributed by atoms with Gasteiger partial charge in [-0.1, -0.05) is 0 Å². The molecule has 1 atom stereocenters. The van der Waals surface area contributed by atoms with Gasteiger partial charge in [0.2, 0.25) is 5.82 Å². The second-order valence-corrected chi connectivity index (χ2v) is 4.38. The van der Waals surface area contributed by atoms with Gasteiger partial charge in [-0.2, -0.15) is 0 Å². The summed E-state index contributed by atoms with van der Waals surface area (Å²) in [5.41, 5.74) is 0.674. The topological polar surface area (TPSA) is 94.8 Å². The zero-order chi connectivity index (χ0) is 14.7. The highest BCUT2D eigenvalue weighted by Crippen LogP contribution is 2.16. The Bertz CT molecular complexity index is 624. The fourth-order valence-corrected chi connectivity index (χ4v) is 1.80. The molecule has 1 N–H and O–H groups in total. The monoisotopic (exact) mass is 276 g/mol. The number of esters is 1. The van der Waals surface area contributed by atoms with E-state index in [1.807, 2.05) is 18.5 Å². The minimum absolute atomic E-state index is 0.0279. The molecule has 20 heavy (non-hydrogen) atoms. The summed E-state index contributed by atoms with van der Waals surface area (Å²) in [4.78, 5) is 19.6. The molecule has 0 fully saturated rings. The number of rotatable bonds is 4. The van der Waals surface area contributed by atoms with Gasteiger partial charge in [0.1, 0.15) is 12.1 Å². The normalized spacial score (nSPS) is 12.0. The lowest BCUT2D eigenvalue weighted by Gasteiger charge is -2.14. The number of anilines is 1. The average Bonchev–Trinajstić information content (AvgIpc) is 2.83. The number of aryl methyl sites for hydroxylation is 2. The molecule has 8 nitrogen and oxygen atoms in total. The summed E-state index contributed by atoms with van der Waals surface area (Å²) < 4.78 is 6.44. The Labute approximate surface area is 116 Å². The van der Waals surface area contributed by atoms with Crippen LogP contribution in [0.3, 0.4) is 0 Å². The third kappa shape index (κ3) is 2.90. The molecule has 0 saturated heterocycles. The van der Waals surface area contributed by atoms with E-state index < -0.39 is 5.97 Å². The fraction of sp³-hybridized carbons (Fsp3) is 0.417. The van der Waals surface area contributed by atoms with Gasteiger partial charge >= 0.3 is 5.97 Å². The number of methoxy groups -OCH3 is 1. The van der Waals surface area contributed by atoms with E-state index in [2.05, 4.69) is 30.2 Å². The van der Waals surface area contributed by atoms with Gasteiger partial charge in [0.15, 0.2) is 5.82 Å². The van der Waals surface area contributed by atoms with Crippen LogP contribution in [0.1, 0.15) is 35.1 Å². The van der Waals surface area contributed by atoms with Gasteiger partial charge < -0.3 is 14.6 Å². The van der Waals surface area contributed by atoms with E-state index in [0.29, 0.717) is 11.5 Å². The zero-order valence-corrected chi connectivity index (χ0v) is 11.8. The fourth-order valence-electron chi connectivity index (χ4n) is 1.80. The van der Waals surface area contributed by atoms with Crippen molar-refractivity contribution in [2.24, 2.45) is 7.05 Å². The molecule has 1 unspecified atom stereocenters. The Morgan fingerprint density at radius 2 is 2.20 bits per heavy atom. The Morgan fingerprint density at radius 1 is 1.45 bits per heavy atom. The first-order chi connectivity index (χ1) is 9.51. The van der Waals surface area contributed by atoms with Crippen LogP contribution < -0.4 is 5.32 Å². The van der Waals surface area contributed by atoms with Crippen molar-refractivity contribution < 1.29 is 9.53 Å². The first-order valence-corrected chi connectivity index (χ1v) is 6.05. The van der Waals surface area contributed by atoms with Crippen LogP contribution in [0.2, 0.25) is 0 Å². The van der Waals surface area contributed by atoms with E-state index in [9.17, 15) is 4.79 Å². The molecule has 0 aliphatic rings. The number of carbonyl (C=O) groups excluding carboxylic acids is 1. The third-order valence-electron chi connectivity index (χ3n) is 2.72. The molecule has 0 aliphatic carbocycles. The number of nitrogens with one attached hydrogen (secondary N) is 1. The molecule has 2 aromatic heterocycles. The number of nitrogens with zero attached hydrogens (tertiary/aromatic N) is 5. The zero-order valence-electron chi connectivity index (χ0n) is 11.8. The third-order valence-corrected chi connectivity index (χ3v) is 2.72. The minimum Gasteiger partial charge on any atom is -0.463 e. The molecule has 0 amide bonds. The molecule has 0 saturated carbocycles.